The van der Waals surface area contributed by atoms with Gasteiger partial charge in [-0.15, -0.1) is 0 Å². The van der Waals surface area contributed by atoms with Gasteiger partial charge in [-0.2, -0.15) is 5.10 Å². The Morgan fingerprint density at radius 3 is 2.66 bits per heavy atom. The van der Waals surface area contributed by atoms with Crippen molar-refractivity contribution in [3.63, 3.8) is 0 Å². The molecule has 0 saturated carbocycles. The Hall–Kier alpha value is -2.83. The number of para-hydroxylation sites is 1. The lowest BCUT2D eigenvalue weighted by Crippen LogP contribution is -2.47. The molecule has 174 valence electrons. The van der Waals surface area contributed by atoms with Gasteiger partial charge >= 0.3 is 0 Å². The predicted octanol–water partition coefficient (Wildman–Crippen LogP) is 3.77. The highest BCUT2D eigenvalue weighted by Gasteiger charge is 2.27. The summed E-state index contributed by atoms with van der Waals surface area (Å²) < 4.78 is 7.91. The third-order valence-electron chi connectivity index (χ3n) is 5.86. The highest BCUT2D eigenvalue weighted by Crippen LogP contribution is 2.23. The van der Waals surface area contributed by atoms with Crippen LogP contribution in [0.2, 0.25) is 0 Å². The molecular weight excluding hydrogens is 404 g/mol. The van der Waals surface area contributed by atoms with Crippen molar-refractivity contribution in [3.05, 3.63) is 47.8 Å². The van der Waals surface area contributed by atoms with Crippen molar-refractivity contribution >= 4 is 11.8 Å². The predicted molar refractivity (Wildman–Crippen MR) is 125 cm³/mol. The molecule has 3 rings (SSSR count). The molecule has 0 fully saturated rings. The minimum Gasteiger partial charge on any atom is -0.491 e. The number of rotatable bonds is 5. The zero-order valence-electron chi connectivity index (χ0n) is 19.8. The molecular formula is C25H36N4O3. The van der Waals surface area contributed by atoms with Crippen LogP contribution in [-0.2, 0) is 11.3 Å². The second-order valence-corrected chi connectivity index (χ2v) is 8.98. The van der Waals surface area contributed by atoms with Crippen molar-refractivity contribution in [2.45, 2.75) is 59.5 Å². The summed E-state index contributed by atoms with van der Waals surface area (Å²) in [6, 6.07) is 7.36. The summed E-state index contributed by atoms with van der Waals surface area (Å²) >= 11 is 0. The number of ether oxygens (including phenoxy) is 1. The van der Waals surface area contributed by atoms with Gasteiger partial charge < -0.3 is 14.5 Å². The number of hydrogen-bond donors (Lipinski definition) is 0. The second kappa shape index (κ2) is 11.2. The summed E-state index contributed by atoms with van der Waals surface area (Å²) in [7, 11) is 0. The van der Waals surface area contributed by atoms with E-state index >= 15 is 0 Å². The molecule has 2 heterocycles. The first-order chi connectivity index (χ1) is 15.4. The molecule has 0 unspecified atom stereocenters. The van der Waals surface area contributed by atoms with Gasteiger partial charge in [0.25, 0.3) is 5.91 Å². The first kappa shape index (κ1) is 23.8. The summed E-state index contributed by atoms with van der Waals surface area (Å²) in [5.41, 5.74) is 1.62. The van der Waals surface area contributed by atoms with Gasteiger partial charge in [-0.25, -0.2) is 0 Å². The Bertz CT molecular complexity index is 908. The molecule has 1 aliphatic rings. The number of benzene rings is 1. The van der Waals surface area contributed by atoms with Crippen LogP contribution in [0.1, 0.15) is 56.0 Å². The van der Waals surface area contributed by atoms with Crippen molar-refractivity contribution in [2.75, 3.05) is 26.2 Å². The Balaban J connectivity index is 1.88. The molecule has 1 atom stereocenters. The van der Waals surface area contributed by atoms with Crippen LogP contribution in [0.5, 0.6) is 5.75 Å². The van der Waals surface area contributed by atoms with Crippen LogP contribution in [0, 0.1) is 12.8 Å². The molecule has 1 aliphatic heterocycles. The summed E-state index contributed by atoms with van der Waals surface area (Å²) in [4.78, 5) is 30.3. The molecule has 2 aromatic rings. The number of nitrogens with zero attached hydrogens (tertiary/aromatic N) is 4. The highest BCUT2D eigenvalue weighted by molar-refractivity contribution is 5.96. The van der Waals surface area contributed by atoms with Crippen molar-refractivity contribution in [1.82, 2.24) is 19.6 Å². The number of aryl methyl sites for hydroxylation is 1. The van der Waals surface area contributed by atoms with E-state index in [9.17, 15) is 9.59 Å². The molecule has 0 N–H and O–H groups in total. The minimum atomic E-state index is -0.0657. The summed E-state index contributed by atoms with van der Waals surface area (Å²) in [6.07, 6.45) is 6.18. The van der Waals surface area contributed by atoms with Crippen LogP contribution in [0.3, 0.4) is 0 Å². The zero-order valence-corrected chi connectivity index (χ0v) is 19.8. The van der Waals surface area contributed by atoms with Gasteiger partial charge in [-0.1, -0.05) is 26.0 Å². The fraction of sp³-hybridized carbons (Fsp3) is 0.560. The van der Waals surface area contributed by atoms with Crippen LogP contribution in [0.15, 0.2) is 36.7 Å². The lowest BCUT2D eigenvalue weighted by atomic mass is 10.0. The number of carbonyl (C=O) groups is 2. The molecule has 0 saturated heterocycles. The van der Waals surface area contributed by atoms with Crippen molar-refractivity contribution < 1.29 is 14.3 Å². The molecule has 32 heavy (non-hydrogen) atoms. The molecule has 7 heteroatoms. The van der Waals surface area contributed by atoms with Crippen LogP contribution >= 0.6 is 0 Å². The minimum absolute atomic E-state index is 0.00562. The topological polar surface area (TPSA) is 67.7 Å². The standard InChI is InChI=1S/C25H36N4O3/c1-5-27-12-8-9-13-29(24(30)17-28-16-20(4)15-26-28)21(14-19(2)3)18-32-23-11-7-6-10-22(23)25(27)31/h6-7,10-11,15-16,19,21H,5,8-9,12-14,17-18H2,1-4H3/t21-/m0/s1. The van der Waals surface area contributed by atoms with Gasteiger partial charge in [0, 0.05) is 25.8 Å². The molecule has 0 aliphatic carbocycles. The van der Waals surface area contributed by atoms with Crippen molar-refractivity contribution in [2.24, 2.45) is 5.92 Å². The Morgan fingerprint density at radius 1 is 1.22 bits per heavy atom. The van der Waals surface area contributed by atoms with E-state index in [0.717, 1.165) is 24.8 Å². The number of hydrogen-bond acceptors (Lipinski definition) is 4. The van der Waals surface area contributed by atoms with E-state index in [1.165, 1.54) is 0 Å². The number of fused-ring (bicyclic) bond motifs is 1. The number of amides is 2. The summed E-state index contributed by atoms with van der Waals surface area (Å²) in [5.74, 6) is 1.05. The van der Waals surface area contributed by atoms with Gasteiger partial charge in [-0.3, -0.25) is 14.3 Å². The maximum atomic E-state index is 13.3. The Morgan fingerprint density at radius 2 is 1.97 bits per heavy atom. The van der Waals surface area contributed by atoms with Gasteiger partial charge in [-0.05, 0) is 56.7 Å². The first-order valence-corrected chi connectivity index (χ1v) is 11.7. The lowest BCUT2D eigenvalue weighted by molar-refractivity contribution is -0.135. The SMILES string of the molecule is CCN1CCCCN(C(=O)Cn2cc(C)cn2)[C@@H](CC(C)C)COc2ccccc2C1=O. The van der Waals surface area contributed by atoms with Crippen LogP contribution in [0.25, 0.3) is 0 Å². The largest absolute Gasteiger partial charge is 0.491 e. The molecule has 2 amide bonds. The van der Waals surface area contributed by atoms with Crippen LogP contribution in [-0.4, -0.2) is 63.7 Å². The van der Waals surface area contributed by atoms with E-state index in [2.05, 4.69) is 18.9 Å². The van der Waals surface area contributed by atoms with Gasteiger partial charge in [0.15, 0.2) is 0 Å². The smallest absolute Gasteiger partial charge is 0.257 e. The highest BCUT2D eigenvalue weighted by atomic mass is 16.5. The van der Waals surface area contributed by atoms with E-state index in [1.54, 1.807) is 10.9 Å². The molecule has 1 aromatic heterocycles. The first-order valence-electron chi connectivity index (χ1n) is 11.7. The number of aromatic nitrogens is 2. The van der Waals surface area contributed by atoms with E-state index in [1.807, 2.05) is 54.1 Å². The van der Waals surface area contributed by atoms with Gasteiger partial charge in [0.05, 0.1) is 17.8 Å². The molecule has 0 spiro atoms. The third-order valence-corrected chi connectivity index (χ3v) is 5.86. The third kappa shape index (κ3) is 6.11. The molecule has 7 nitrogen and oxygen atoms in total. The van der Waals surface area contributed by atoms with E-state index in [0.29, 0.717) is 43.5 Å². The maximum Gasteiger partial charge on any atom is 0.257 e. The Kier molecular flexibility index (Phi) is 8.31. The normalized spacial score (nSPS) is 18.0. The van der Waals surface area contributed by atoms with Crippen molar-refractivity contribution in [1.29, 1.82) is 0 Å². The Labute approximate surface area is 191 Å². The quantitative estimate of drug-likeness (QED) is 0.710. The fourth-order valence-electron chi connectivity index (χ4n) is 4.24. The van der Waals surface area contributed by atoms with Crippen LogP contribution < -0.4 is 4.74 Å². The maximum absolute atomic E-state index is 13.3. The average Bonchev–Trinajstić information content (AvgIpc) is 3.17. The fourth-order valence-corrected chi connectivity index (χ4v) is 4.24. The summed E-state index contributed by atoms with van der Waals surface area (Å²) in [5, 5.41) is 4.29. The average molecular weight is 441 g/mol. The van der Waals surface area contributed by atoms with Gasteiger partial charge in [0.1, 0.15) is 18.9 Å². The van der Waals surface area contributed by atoms with Gasteiger partial charge in [0.2, 0.25) is 5.91 Å². The van der Waals surface area contributed by atoms with E-state index in [-0.39, 0.29) is 24.4 Å². The monoisotopic (exact) mass is 440 g/mol. The molecule has 0 radical (unpaired) electrons. The molecule has 0 bridgehead atoms. The zero-order chi connectivity index (χ0) is 23.1. The van der Waals surface area contributed by atoms with E-state index in [4.69, 9.17) is 4.74 Å². The second-order valence-electron chi connectivity index (χ2n) is 8.98. The van der Waals surface area contributed by atoms with Crippen LogP contribution in [0.4, 0.5) is 0 Å². The summed E-state index contributed by atoms with van der Waals surface area (Å²) in [6.45, 7) is 10.8. The van der Waals surface area contributed by atoms with E-state index < -0.39 is 0 Å². The lowest BCUT2D eigenvalue weighted by Gasteiger charge is -2.34. The number of carbonyl (C=O) groups excluding carboxylic acids is 2. The van der Waals surface area contributed by atoms with Crippen molar-refractivity contribution in [3.8, 4) is 5.75 Å². The molecule has 1 aromatic carbocycles.